The maximum atomic E-state index is 13.2. The molecule has 4 aromatic heterocycles. The second-order valence-corrected chi connectivity index (χ2v) is 7.95. The number of nitrogens with one attached hydrogen (secondary N) is 2. The lowest BCUT2D eigenvalue weighted by atomic mass is 10.1. The zero-order valence-electron chi connectivity index (χ0n) is 15.5. The van der Waals surface area contributed by atoms with Gasteiger partial charge in [-0.1, -0.05) is 30.3 Å². The Bertz CT molecular complexity index is 1410. The van der Waals surface area contributed by atoms with Crippen LogP contribution in [-0.2, 0) is 6.54 Å². The number of H-pyrrole nitrogens is 1. The summed E-state index contributed by atoms with van der Waals surface area (Å²) < 4.78 is 1.43. The molecule has 5 aromatic rings. The van der Waals surface area contributed by atoms with Crippen LogP contribution in [0.1, 0.15) is 16.1 Å². The number of anilines is 1. The van der Waals surface area contributed by atoms with Crippen molar-refractivity contribution in [1.29, 1.82) is 0 Å². The minimum absolute atomic E-state index is 0.123. The lowest BCUT2D eigenvalue weighted by molar-refractivity contribution is -0.389. The van der Waals surface area contributed by atoms with Crippen molar-refractivity contribution in [2.75, 3.05) is 5.32 Å². The maximum absolute atomic E-state index is 13.2. The molecule has 7 heteroatoms. The van der Waals surface area contributed by atoms with E-state index in [0.29, 0.717) is 23.4 Å². The third-order valence-corrected chi connectivity index (χ3v) is 6.13. The molecule has 0 bridgehead atoms. The van der Waals surface area contributed by atoms with E-state index in [1.807, 2.05) is 62.5 Å². The van der Waals surface area contributed by atoms with Gasteiger partial charge in [-0.2, -0.15) is 4.52 Å². The maximum Gasteiger partial charge on any atom is 0.283 e. The summed E-state index contributed by atoms with van der Waals surface area (Å²) >= 11 is 1.56. The summed E-state index contributed by atoms with van der Waals surface area (Å²) in [5, 5.41) is 10.5. The number of pyridine rings is 1. The van der Waals surface area contributed by atoms with Gasteiger partial charge in [0, 0.05) is 27.8 Å². The van der Waals surface area contributed by atoms with E-state index in [4.69, 9.17) is 4.98 Å². The first-order valence-electron chi connectivity index (χ1n) is 9.04. The number of thiophene rings is 1. The standard InChI is InChI=1S/C21H17N5OS/c1-12-13(2)28-20-17(12)21(27)26-19(24-20)16-9-4-3-8-15(16)18(25-26)23-11-14-7-5-6-10-22-14/h3-10H,11H2,1-2H3,(H,23,25)/p+1. The van der Waals surface area contributed by atoms with Crippen LogP contribution in [0.2, 0.25) is 0 Å². The van der Waals surface area contributed by atoms with Crippen molar-refractivity contribution >= 4 is 43.8 Å². The summed E-state index contributed by atoms with van der Waals surface area (Å²) in [6.45, 7) is 4.56. The molecular formula is C21H18N5OS+. The van der Waals surface area contributed by atoms with Crippen LogP contribution >= 0.6 is 11.3 Å². The van der Waals surface area contributed by atoms with Crippen LogP contribution in [-0.4, -0.2) is 14.6 Å². The topological polar surface area (TPSA) is 73.4 Å². The fourth-order valence-electron chi connectivity index (χ4n) is 3.44. The Morgan fingerprint density at radius 3 is 2.68 bits per heavy atom. The quantitative estimate of drug-likeness (QED) is 0.480. The third kappa shape index (κ3) is 2.55. The molecule has 2 N–H and O–H groups in total. The molecule has 4 heterocycles. The number of benzene rings is 1. The van der Waals surface area contributed by atoms with E-state index in [2.05, 4.69) is 15.4 Å². The molecule has 0 fully saturated rings. The first-order valence-corrected chi connectivity index (χ1v) is 9.86. The Labute approximate surface area is 164 Å². The van der Waals surface area contributed by atoms with Crippen molar-refractivity contribution in [3.8, 4) is 0 Å². The molecule has 138 valence electrons. The van der Waals surface area contributed by atoms with Gasteiger partial charge in [0.2, 0.25) is 0 Å². The van der Waals surface area contributed by atoms with E-state index < -0.39 is 0 Å². The monoisotopic (exact) mass is 388 g/mol. The molecule has 0 saturated heterocycles. The van der Waals surface area contributed by atoms with Gasteiger partial charge >= 0.3 is 0 Å². The highest BCUT2D eigenvalue weighted by Crippen LogP contribution is 2.29. The van der Waals surface area contributed by atoms with Crippen LogP contribution in [0.5, 0.6) is 0 Å². The zero-order valence-corrected chi connectivity index (χ0v) is 16.3. The molecule has 0 unspecified atom stereocenters. The normalized spacial score (nSPS) is 11.5. The number of nitrogens with zero attached hydrogens (tertiary/aromatic N) is 3. The molecule has 28 heavy (non-hydrogen) atoms. The van der Waals surface area contributed by atoms with E-state index in [1.54, 1.807) is 11.3 Å². The van der Waals surface area contributed by atoms with E-state index in [-0.39, 0.29) is 5.56 Å². The Morgan fingerprint density at radius 1 is 1.11 bits per heavy atom. The fourth-order valence-corrected chi connectivity index (χ4v) is 4.46. The predicted octanol–water partition coefficient (Wildman–Crippen LogP) is 3.50. The summed E-state index contributed by atoms with van der Waals surface area (Å²) in [4.78, 5) is 23.1. The molecule has 0 amide bonds. The van der Waals surface area contributed by atoms with Gasteiger partial charge in [-0.3, -0.25) is 4.79 Å². The molecule has 0 atom stereocenters. The highest BCUT2D eigenvalue weighted by Gasteiger charge is 2.17. The van der Waals surface area contributed by atoms with E-state index in [9.17, 15) is 4.79 Å². The molecule has 0 aliphatic rings. The zero-order chi connectivity index (χ0) is 19.3. The van der Waals surface area contributed by atoms with Gasteiger partial charge in [0.1, 0.15) is 11.4 Å². The van der Waals surface area contributed by atoms with Crippen molar-refractivity contribution in [3.63, 3.8) is 0 Å². The Morgan fingerprint density at radius 2 is 1.89 bits per heavy atom. The highest BCUT2D eigenvalue weighted by atomic mass is 32.1. The van der Waals surface area contributed by atoms with Gasteiger partial charge in [-0.15, -0.1) is 16.4 Å². The van der Waals surface area contributed by atoms with Crippen molar-refractivity contribution in [3.05, 3.63) is 75.1 Å². The van der Waals surface area contributed by atoms with E-state index in [0.717, 1.165) is 31.7 Å². The van der Waals surface area contributed by atoms with Crippen LogP contribution in [0.4, 0.5) is 5.82 Å². The Hall–Kier alpha value is -3.32. The summed E-state index contributed by atoms with van der Waals surface area (Å²) in [6.07, 6.45) is 1.88. The number of rotatable bonds is 3. The SMILES string of the molecule is Cc1sc2nc3c4ccccc4c(NCc4cccc[nH+]4)nn3c(=O)c2c1C. The van der Waals surface area contributed by atoms with Gasteiger partial charge < -0.3 is 5.32 Å². The average Bonchev–Trinajstić information content (AvgIpc) is 3.01. The number of aryl methyl sites for hydroxylation is 2. The lowest BCUT2D eigenvalue weighted by Gasteiger charge is -2.10. The fraction of sp³-hybridized carbons (Fsp3) is 0.143. The molecule has 0 aliphatic carbocycles. The van der Waals surface area contributed by atoms with Gasteiger partial charge in [-0.05, 0) is 19.4 Å². The predicted molar refractivity (Wildman–Crippen MR) is 112 cm³/mol. The number of fused-ring (bicyclic) bond motifs is 4. The van der Waals surface area contributed by atoms with Crippen molar-refractivity contribution in [2.45, 2.75) is 20.4 Å². The molecular weight excluding hydrogens is 370 g/mol. The molecule has 0 spiro atoms. The molecule has 1 aromatic carbocycles. The molecule has 6 nitrogen and oxygen atoms in total. The molecule has 0 aliphatic heterocycles. The minimum Gasteiger partial charge on any atom is -0.358 e. The van der Waals surface area contributed by atoms with Crippen molar-refractivity contribution < 1.29 is 4.98 Å². The summed E-state index contributed by atoms with van der Waals surface area (Å²) in [6, 6.07) is 13.8. The summed E-state index contributed by atoms with van der Waals surface area (Å²) in [7, 11) is 0. The van der Waals surface area contributed by atoms with Crippen LogP contribution < -0.4 is 15.9 Å². The van der Waals surface area contributed by atoms with Crippen molar-refractivity contribution in [1.82, 2.24) is 14.6 Å². The number of hydrogen-bond acceptors (Lipinski definition) is 5. The average molecular weight is 388 g/mol. The van der Waals surface area contributed by atoms with Crippen LogP contribution in [0.3, 0.4) is 0 Å². The van der Waals surface area contributed by atoms with E-state index >= 15 is 0 Å². The smallest absolute Gasteiger partial charge is 0.283 e. The highest BCUT2D eigenvalue weighted by molar-refractivity contribution is 7.18. The molecule has 0 radical (unpaired) electrons. The van der Waals surface area contributed by atoms with Crippen molar-refractivity contribution in [2.24, 2.45) is 0 Å². The van der Waals surface area contributed by atoms with Gasteiger partial charge in [0.15, 0.2) is 23.4 Å². The van der Waals surface area contributed by atoms with Crippen LogP contribution in [0.15, 0.2) is 53.5 Å². The number of aromatic nitrogens is 4. The lowest BCUT2D eigenvalue weighted by Crippen LogP contribution is -2.20. The second-order valence-electron chi connectivity index (χ2n) is 6.75. The molecule has 5 rings (SSSR count). The first-order chi connectivity index (χ1) is 13.6. The number of aromatic amines is 1. The Balaban J connectivity index is 1.77. The van der Waals surface area contributed by atoms with Gasteiger partial charge in [-0.25, -0.2) is 9.97 Å². The number of hydrogen-bond donors (Lipinski definition) is 1. The Kier molecular flexibility index (Phi) is 3.84. The van der Waals surface area contributed by atoms with Crippen LogP contribution in [0, 0.1) is 13.8 Å². The second kappa shape index (κ2) is 6.38. The largest absolute Gasteiger partial charge is 0.358 e. The summed E-state index contributed by atoms with van der Waals surface area (Å²) in [5.74, 6) is 0.660. The van der Waals surface area contributed by atoms with E-state index in [1.165, 1.54) is 4.52 Å². The minimum atomic E-state index is -0.123. The van der Waals surface area contributed by atoms with Crippen LogP contribution in [0.25, 0.3) is 26.6 Å². The van der Waals surface area contributed by atoms with Gasteiger partial charge in [0.25, 0.3) is 5.56 Å². The van der Waals surface area contributed by atoms with Gasteiger partial charge in [0.05, 0.1) is 5.39 Å². The summed E-state index contributed by atoms with van der Waals surface area (Å²) in [5.41, 5.74) is 2.47. The first kappa shape index (κ1) is 16.8. The third-order valence-electron chi connectivity index (χ3n) is 5.02. The molecule has 0 saturated carbocycles.